The summed E-state index contributed by atoms with van der Waals surface area (Å²) in [6.07, 6.45) is 3.49. The van der Waals surface area contributed by atoms with Crippen molar-refractivity contribution in [2.75, 3.05) is 5.32 Å². The van der Waals surface area contributed by atoms with Gasteiger partial charge in [0.05, 0.1) is 11.9 Å². The van der Waals surface area contributed by atoms with Crippen molar-refractivity contribution in [3.05, 3.63) is 95.0 Å². The molecule has 1 amide bonds. The summed E-state index contributed by atoms with van der Waals surface area (Å²) in [5.74, 6) is -0.334. The lowest BCUT2D eigenvalue weighted by molar-refractivity contribution is 0.102. The standard InChI is InChI=1S/C26H17ClFN7OS/c1-34-12-19(24(33-34)15-4-8-18(28)9-5-15)20-10-11-23-30-22(13-35(23)32-20)31-25(36)21-14-37-26(29-21)16-2-6-17(27)7-3-16/h2-14H,1H3,(H,31,36). The first-order chi connectivity index (χ1) is 17.9. The second kappa shape index (κ2) is 9.23. The van der Waals surface area contributed by atoms with Gasteiger partial charge in [-0.3, -0.25) is 9.48 Å². The van der Waals surface area contributed by atoms with Crippen LogP contribution >= 0.6 is 22.9 Å². The number of thiazole rings is 1. The quantitative estimate of drug-likeness (QED) is 0.297. The van der Waals surface area contributed by atoms with Gasteiger partial charge < -0.3 is 5.32 Å². The first-order valence-corrected chi connectivity index (χ1v) is 12.4. The highest BCUT2D eigenvalue weighted by atomic mass is 35.5. The van der Waals surface area contributed by atoms with Gasteiger partial charge >= 0.3 is 0 Å². The number of hydrogen-bond donors (Lipinski definition) is 1. The van der Waals surface area contributed by atoms with E-state index in [1.165, 1.54) is 23.5 Å². The third-order valence-corrected chi connectivity index (χ3v) is 6.76. The Bertz CT molecular complexity index is 1760. The Morgan fingerprint density at radius 3 is 2.49 bits per heavy atom. The van der Waals surface area contributed by atoms with E-state index in [1.807, 2.05) is 31.4 Å². The summed E-state index contributed by atoms with van der Waals surface area (Å²) in [7, 11) is 1.82. The summed E-state index contributed by atoms with van der Waals surface area (Å²) in [4.78, 5) is 21.7. The molecule has 0 aliphatic rings. The SMILES string of the molecule is Cn1cc(-c2ccc3nc(NC(=O)c4csc(-c5ccc(Cl)cc5)n4)cn3n2)c(-c2ccc(F)cc2)n1. The van der Waals surface area contributed by atoms with E-state index in [-0.39, 0.29) is 11.7 Å². The van der Waals surface area contributed by atoms with Crippen LogP contribution in [0.25, 0.3) is 38.7 Å². The van der Waals surface area contributed by atoms with Crippen LogP contribution in [0.1, 0.15) is 10.5 Å². The number of aryl methyl sites for hydroxylation is 1. The lowest BCUT2D eigenvalue weighted by Crippen LogP contribution is -2.12. The van der Waals surface area contributed by atoms with E-state index in [2.05, 4.69) is 25.5 Å². The van der Waals surface area contributed by atoms with Gasteiger partial charge in [0.15, 0.2) is 11.5 Å². The van der Waals surface area contributed by atoms with E-state index in [0.717, 1.165) is 21.7 Å². The number of fused-ring (bicyclic) bond motifs is 1. The number of rotatable bonds is 5. The maximum atomic E-state index is 13.4. The number of aromatic nitrogens is 6. The van der Waals surface area contributed by atoms with Gasteiger partial charge in [0.25, 0.3) is 5.91 Å². The van der Waals surface area contributed by atoms with Gasteiger partial charge in [-0.15, -0.1) is 11.3 Å². The van der Waals surface area contributed by atoms with Crippen molar-refractivity contribution in [3.63, 3.8) is 0 Å². The number of carbonyl (C=O) groups excluding carboxylic acids is 1. The van der Waals surface area contributed by atoms with Crippen LogP contribution in [0.5, 0.6) is 0 Å². The van der Waals surface area contributed by atoms with Gasteiger partial charge in [-0.25, -0.2) is 18.9 Å². The number of nitrogens with one attached hydrogen (secondary N) is 1. The van der Waals surface area contributed by atoms with Crippen molar-refractivity contribution < 1.29 is 9.18 Å². The minimum atomic E-state index is -0.369. The molecule has 0 radical (unpaired) electrons. The van der Waals surface area contributed by atoms with Crippen LogP contribution in [-0.2, 0) is 7.05 Å². The molecular weight excluding hydrogens is 513 g/mol. The van der Waals surface area contributed by atoms with Crippen LogP contribution in [-0.4, -0.2) is 35.3 Å². The maximum Gasteiger partial charge on any atom is 0.276 e. The summed E-state index contributed by atoms with van der Waals surface area (Å²) in [6.45, 7) is 0. The van der Waals surface area contributed by atoms with Crippen LogP contribution in [0.2, 0.25) is 5.02 Å². The molecule has 0 aliphatic heterocycles. The molecule has 0 saturated heterocycles. The molecule has 182 valence electrons. The number of hydrogen-bond acceptors (Lipinski definition) is 6. The Morgan fingerprint density at radius 2 is 1.70 bits per heavy atom. The lowest BCUT2D eigenvalue weighted by Gasteiger charge is -2.03. The number of carbonyl (C=O) groups is 1. The minimum Gasteiger partial charge on any atom is -0.304 e. The van der Waals surface area contributed by atoms with Gasteiger partial charge in [-0.2, -0.15) is 10.2 Å². The zero-order chi connectivity index (χ0) is 25.5. The zero-order valence-electron chi connectivity index (χ0n) is 19.3. The molecule has 0 atom stereocenters. The first-order valence-electron chi connectivity index (χ1n) is 11.1. The van der Waals surface area contributed by atoms with Crippen LogP contribution in [0.4, 0.5) is 10.2 Å². The monoisotopic (exact) mass is 529 g/mol. The van der Waals surface area contributed by atoms with Crippen LogP contribution in [0.3, 0.4) is 0 Å². The highest BCUT2D eigenvalue weighted by molar-refractivity contribution is 7.13. The van der Waals surface area contributed by atoms with E-state index < -0.39 is 0 Å². The topological polar surface area (TPSA) is 90.0 Å². The molecule has 4 aromatic heterocycles. The Labute approximate surface area is 219 Å². The second-order valence-electron chi connectivity index (χ2n) is 8.22. The largest absolute Gasteiger partial charge is 0.304 e. The molecule has 6 aromatic rings. The molecule has 0 unspecified atom stereocenters. The van der Waals surface area contributed by atoms with Crippen LogP contribution in [0, 0.1) is 5.82 Å². The van der Waals surface area contributed by atoms with E-state index >= 15 is 0 Å². The van der Waals surface area contributed by atoms with E-state index in [1.54, 1.807) is 51.1 Å². The van der Waals surface area contributed by atoms with Gasteiger partial charge in [0.2, 0.25) is 0 Å². The highest BCUT2D eigenvalue weighted by Gasteiger charge is 2.17. The van der Waals surface area contributed by atoms with E-state index in [0.29, 0.717) is 33.6 Å². The molecule has 8 nitrogen and oxygen atoms in total. The third-order valence-electron chi connectivity index (χ3n) is 5.61. The number of amides is 1. The average molecular weight is 530 g/mol. The Morgan fingerprint density at radius 1 is 0.946 bits per heavy atom. The number of anilines is 1. The molecule has 6 rings (SSSR count). The molecule has 0 spiro atoms. The number of benzene rings is 2. The van der Waals surface area contributed by atoms with Crippen LogP contribution in [0.15, 0.2) is 78.4 Å². The Hall–Kier alpha value is -4.41. The molecule has 4 heterocycles. The zero-order valence-corrected chi connectivity index (χ0v) is 20.8. The molecule has 0 fully saturated rings. The lowest BCUT2D eigenvalue weighted by atomic mass is 10.1. The van der Waals surface area contributed by atoms with Gasteiger partial charge in [0, 0.05) is 40.3 Å². The summed E-state index contributed by atoms with van der Waals surface area (Å²) >= 11 is 7.33. The van der Waals surface area contributed by atoms with Crippen LogP contribution < -0.4 is 5.32 Å². The van der Waals surface area contributed by atoms with Gasteiger partial charge in [-0.1, -0.05) is 23.7 Å². The summed E-state index contributed by atoms with van der Waals surface area (Å²) in [5.41, 5.74) is 4.64. The van der Waals surface area contributed by atoms with E-state index in [9.17, 15) is 9.18 Å². The number of nitrogens with zero attached hydrogens (tertiary/aromatic N) is 6. The molecule has 0 saturated carbocycles. The smallest absolute Gasteiger partial charge is 0.276 e. The molecule has 11 heteroatoms. The maximum absolute atomic E-state index is 13.4. The van der Waals surface area contributed by atoms with Gasteiger partial charge in [0.1, 0.15) is 22.2 Å². The molecule has 0 bridgehead atoms. The van der Waals surface area contributed by atoms with Crippen molar-refractivity contribution in [1.29, 1.82) is 0 Å². The first kappa shape index (κ1) is 23.0. The number of halogens is 2. The van der Waals surface area contributed by atoms with Crippen molar-refractivity contribution >= 4 is 40.3 Å². The summed E-state index contributed by atoms with van der Waals surface area (Å²) < 4.78 is 16.7. The fourth-order valence-electron chi connectivity index (χ4n) is 3.87. The molecule has 1 N–H and O–H groups in total. The summed E-state index contributed by atoms with van der Waals surface area (Å²) in [5, 5.41) is 15.0. The Balaban J connectivity index is 1.25. The normalized spacial score (nSPS) is 11.2. The predicted molar refractivity (Wildman–Crippen MR) is 141 cm³/mol. The average Bonchev–Trinajstić information content (AvgIpc) is 3.62. The second-order valence-corrected chi connectivity index (χ2v) is 9.51. The minimum absolute atomic E-state index is 0.292. The van der Waals surface area contributed by atoms with Crippen molar-refractivity contribution in [2.45, 2.75) is 0 Å². The fraction of sp³-hybridized carbons (Fsp3) is 0.0385. The Kier molecular flexibility index (Phi) is 5.74. The molecule has 37 heavy (non-hydrogen) atoms. The number of imidazole rings is 1. The van der Waals surface area contributed by atoms with Crippen molar-refractivity contribution in [1.82, 2.24) is 29.4 Å². The molecular formula is C26H17ClFN7OS. The molecule has 2 aromatic carbocycles. The predicted octanol–water partition coefficient (Wildman–Crippen LogP) is 5.97. The fourth-order valence-corrected chi connectivity index (χ4v) is 4.80. The molecule has 0 aliphatic carbocycles. The third kappa shape index (κ3) is 4.59. The summed E-state index contributed by atoms with van der Waals surface area (Å²) in [6, 6.07) is 17.1. The van der Waals surface area contributed by atoms with E-state index in [4.69, 9.17) is 11.6 Å². The van der Waals surface area contributed by atoms with Crippen molar-refractivity contribution in [3.8, 4) is 33.1 Å². The van der Waals surface area contributed by atoms with Gasteiger partial charge in [-0.05, 0) is 48.5 Å². The van der Waals surface area contributed by atoms with Crippen molar-refractivity contribution in [2.24, 2.45) is 7.05 Å². The highest BCUT2D eigenvalue weighted by Crippen LogP contribution is 2.30.